The van der Waals surface area contributed by atoms with Crippen LogP contribution in [0.25, 0.3) is 0 Å². The summed E-state index contributed by atoms with van der Waals surface area (Å²) >= 11 is 0. The Morgan fingerprint density at radius 2 is 1.81 bits per heavy atom. The second kappa shape index (κ2) is 8.43. The molecule has 0 aromatic heterocycles. The number of primary amides is 1. The molecule has 1 atom stereocenters. The Bertz CT molecular complexity index is 878. The minimum absolute atomic E-state index is 0.0436. The average molecular weight is 352 g/mol. The molecule has 3 N–H and O–H groups in total. The van der Waals surface area contributed by atoms with Crippen molar-refractivity contribution in [2.75, 3.05) is 5.32 Å². The summed E-state index contributed by atoms with van der Waals surface area (Å²) in [6.07, 6.45) is 0.462. The monoisotopic (exact) mass is 352 g/mol. The fourth-order valence-corrected chi connectivity index (χ4v) is 2.11. The summed E-state index contributed by atoms with van der Waals surface area (Å²) in [7, 11) is 0. The van der Waals surface area contributed by atoms with E-state index in [-0.39, 0.29) is 16.8 Å². The number of Topliss-reactive ketones (excluding diaryl/α,β-unsaturated/α-hetero) is 1. The van der Waals surface area contributed by atoms with Crippen LogP contribution in [0.2, 0.25) is 0 Å². The molecule has 0 aliphatic carbocycles. The topological polar surface area (TPSA) is 131 Å². The lowest BCUT2D eigenvalue weighted by molar-refractivity contribution is -0.126. The number of azo groups is 1. The molecule has 0 aliphatic heterocycles. The van der Waals surface area contributed by atoms with Crippen molar-refractivity contribution < 1.29 is 19.2 Å². The third-order valence-electron chi connectivity index (χ3n) is 3.39. The van der Waals surface area contributed by atoms with Crippen LogP contribution in [0.1, 0.15) is 27.6 Å². The fraction of sp³-hybridized carbons (Fsp3) is 0.111. The van der Waals surface area contributed by atoms with Crippen molar-refractivity contribution in [1.29, 1.82) is 0 Å². The molecular weight excluding hydrogens is 336 g/mol. The minimum atomic E-state index is -1.34. The molecule has 0 radical (unpaired) electrons. The van der Waals surface area contributed by atoms with Crippen LogP contribution in [0.15, 0.2) is 58.8 Å². The van der Waals surface area contributed by atoms with Crippen LogP contribution in [0.3, 0.4) is 0 Å². The number of nitrogens with two attached hydrogens (primary N) is 1. The fourth-order valence-electron chi connectivity index (χ4n) is 2.11. The molecule has 0 heterocycles. The van der Waals surface area contributed by atoms with Gasteiger partial charge < -0.3 is 11.1 Å². The van der Waals surface area contributed by atoms with E-state index in [1.165, 1.54) is 25.1 Å². The Hall–Kier alpha value is -3.68. The summed E-state index contributed by atoms with van der Waals surface area (Å²) in [5, 5.41) is 10.2. The number of hydrogen-bond donors (Lipinski definition) is 2. The number of carbonyl (C=O) groups excluding carboxylic acids is 4. The molecule has 2 rings (SSSR count). The zero-order valence-corrected chi connectivity index (χ0v) is 13.9. The van der Waals surface area contributed by atoms with E-state index in [1.807, 2.05) is 0 Å². The van der Waals surface area contributed by atoms with Gasteiger partial charge in [-0.2, -0.15) is 10.2 Å². The minimum Gasteiger partial charge on any atom is -0.366 e. The molecule has 0 fully saturated rings. The summed E-state index contributed by atoms with van der Waals surface area (Å²) in [5.41, 5.74) is 5.98. The number of hydrogen-bond acceptors (Lipinski definition) is 6. The first-order valence-electron chi connectivity index (χ1n) is 7.58. The highest BCUT2D eigenvalue weighted by Crippen LogP contribution is 2.18. The average Bonchev–Trinajstić information content (AvgIpc) is 2.62. The maximum Gasteiger partial charge on any atom is 0.258 e. The second-order valence-corrected chi connectivity index (χ2v) is 5.34. The smallest absolute Gasteiger partial charge is 0.258 e. The molecule has 0 saturated heterocycles. The first-order valence-corrected chi connectivity index (χ1v) is 7.58. The predicted octanol–water partition coefficient (Wildman–Crippen LogP) is 2.28. The van der Waals surface area contributed by atoms with Crippen LogP contribution in [0, 0.1) is 0 Å². The van der Waals surface area contributed by atoms with E-state index in [4.69, 9.17) is 5.73 Å². The van der Waals surface area contributed by atoms with Gasteiger partial charge in [0.25, 0.3) is 5.91 Å². The number of anilines is 1. The van der Waals surface area contributed by atoms with E-state index < -0.39 is 23.6 Å². The van der Waals surface area contributed by atoms with Gasteiger partial charge in [-0.1, -0.05) is 18.2 Å². The number of para-hydroxylation sites is 1. The molecule has 0 aliphatic rings. The van der Waals surface area contributed by atoms with Crippen LogP contribution in [0.4, 0.5) is 11.4 Å². The van der Waals surface area contributed by atoms with Gasteiger partial charge in [0.1, 0.15) is 0 Å². The number of carbonyl (C=O) groups is 4. The van der Waals surface area contributed by atoms with Crippen molar-refractivity contribution >= 4 is 35.3 Å². The van der Waals surface area contributed by atoms with Crippen molar-refractivity contribution in [3.8, 4) is 0 Å². The molecule has 8 heteroatoms. The Morgan fingerprint density at radius 1 is 1.12 bits per heavy atom. The highest BCUT2D eigenvalue weighted by atomic mass is 16.2. The maximum atomic E-state index is 12.2. The summed E-state index contributed by atoms with van der Waals surface area (Å²) < 4.78 is 0. The van der Waals surface area contributed by atoms with Gasteiger partial charge in [-0.3, -0.25) is 19.2 Å². The van der Waals surface area contributed by atoms with Gasteiger partial charge in [-0.05, 0) is 37.3 Å². The summed E-state index contributed by atoms with van der Waals surface area (Å²) in [4.78, 5) is 46.2. The number of aldehydes is 1. The summed E-state index contributed by atoms with van der Waals surface area (Å²) in [6, 6.07) is 11.3. The lowest BCUT2D eigenvalue weighted by Gasteiger charge is -2.09. The van der Waals surface area contributed by atoms with Crippen LogP contribution in [-0.2, 0) is 9.59 Å². The molecule has 0 spiro atoms. The zero-order chi connectivity index (χ0) is 19.1. The van der Waals surface area contributed by atoms with Crippen molar-refractivity contribution in [2.45, 2.75) is 13.0 Å². The van der Waals surface area contributed by atoms with Crippen molar-refractivity contribution in [1.82, 2.24) is 0 Å². The van der Waals surface area contributed by atoms with E-state index in [9.17, 15) is 19.2 Å². The molecule has 2 aromatic rings. The standard InChI is InChI=1S/C18H16N4O4/c1-11(24)16(18(26)20-13-5-3-2-4-6-13)22-21-14-7-8-15(17(19)25)12(9-14)10-23/h2-10,16H,1H3,(H2,19,25)(H,20,26). The summed E-state index contributed by atoms with van der Waals surface area (Å²) in [6.45, 7) is 1.22. The Morgan fingerprint density at radius 3 is 2.38 bits per heavy atom. The molecule has 2 aromatic carbocycles. The molecule has 0 bridgehead atoms. The van der Waals surface area contributed by atoms with Gasteiger partial charge in [0.15, 0.2) is 12.1 Å². The van der Waals surface area contributed by atoms with Gasteiger partial charge in [-0.15, -0.1) is 0 Å². The van der Waals surface area contributed by atoms with E-state index in [0.29, 0.717) is 12.0 Å². The maximum absolute atomic E-state index is 12.2. The Kier molecular flexibility index (Phi) is 6.05. The van der Waals surface area contributed by atoms with Crippen LogP contribution >= 0.6 is 0 Å². The molecule has 26 heavy (non-hydrogen) atoms. The lowest BCUT2D eigenvalue weighted by atomic mass is 10.1. The largest absolute Gasteiger partial charge is 0.366 e. The molecule has 2 amide bonds. The Labute approximate surface area is 149 Å². The SMILES string of the molecule is CC(=O)C(N=Nc1ccc(C(N)=O)c(C=O)c1)C(=O)Nc1ccccc1. The number of nitrogens with one attached hydrogen (secondary N) is 1. The van der Waals surface area contributed by atoms with E-state index in [2.05, 4.69) is 15.5 Å². The van der Waals surface area contributed by atoms with Crippen molar-refractivity contribution in [3.63, 3.8) is 0 Å². The number of benzene rings is 2. The zero-order valence-electron chi connectivity index (χ0n) is 13.9. The quantitative estimate of drug-likeness (QED) is 0.449. The van der Waals surface area contributed by atoms with E-state index in [1.54, 1.807) is 30.3 Å². The van der Waals surface area contributed by atoms with Gasteiger partial charge in [0.05, 0.1) is 5.69 Å². The molecule has 132 valence electrons. The Balaban J connectivity index is 2.21. The molecule has 8 nitrogen and oxygen atoms in total. The number of amides is 2. The molecule has 0 saturated carbocycles. The number of nitrogens with zero attached hydrogens (tertiary/aromatic N) is 2. The molecular formula is C18H16N4O4. The van der Waals surface area contributed by atoms with Gasteiger partial charge >= 0.3 is 0 Å². The van der Waals surface area contributed by atoms with Crippen LogP contribution in [0.5, 0.6) is 0 Å². The van der Waals surface area contributed by atoms with Crippen LogP contribution in [-0.4, -0.2) is 29.9 Å². The summed E-state index contributed by atoms with van der Waals surface area (Å²) in [5.74, 6) is -1.87. The third kappa shape index (κ3) is 4.67. The lowest BCUT2D eigenvalue weighted by Crippen LogP contribution is -2.31. The van der Waals surface area contributed by atoms with Crippen LogP contribution < -0.4 is 11.1 Å². The van der Waals surface area contributed by atoms with Gasteiger partial charge in [-0.25, -0.2) is 0 Å². The normalized spacial score (nSPS) is 11.7. The third-order valence-corrected chi connectivity index (χ3v) is 3.39. The first-order chi connectivity index (χ1) is 12.4. The second-order valence-electron chi connectivity index (χ2n) is 5.34. The number of ketones is 1. The number of rotatable bonds is 7. The first kappa shape index (κ1) is 18.7. The van der Waals surface area contributed by atoms with E-state index >= 15 is 0 Å². The highest BCUT2D eigenvalue weighted by Gasteiger charge is 2.23. The van der Waals surface area contributed by atoms with Crippen molar-refractivity contribution in [3.05, 3.63) is 59.7 Å². The molecule has 1 unspecified atom stereocenters. The van der Waals surface area contributed by atoms with Gasteiger partial charge in [0, 0.05) is 16.8 Å². The highest BCUT2D eigenvalue weighted by molar-refractivity contribution is 6.10. The van der Waals surface area contributed by atoms with E-state index in [0.717, 1.165) is 0 Å². The van der Waals surface area contributed by atoms with Gasteiger partial charge in [0.2, 0.25) is 11.9 Å². The van der Waals surface area contributed by atoms with Crippen molar-refractivity contribution in [2.24, 2.45) is 16.0 Å². The predicted molar refractivity (Wildman–Crippen MR) is 94.4 cm³/mol.